The van der Waals surface area contributed by atoms with Crippen LogP contribution in [-0.2, 0) is 4.79 Å². The molecule has 5 nitrogen and oxygen atoms in total. The van der Waals surface area contributed by atoms with E-state index in [1.165, 1.54) is 0 Å². The molecule has 1 heterocycles. The summed E-state index contributed by atoms with van der Waals surface area (Å²) in [5.74, 6) is 0.00372. The Kier molecular flexibility index (Phi) is 3.97. The van der Waals surface area contributed by atoms with Crippen LogP contribution in [-0.4, -0.2) is 43.0 Å². The van der Waals surface area contributed by atoms with Crippen LogP contribution in [0.2, 0.25) is 0 Å². The highest BCUT2D eigenvalue weighted by molar-refractivity contribution is 5.79. The van der Waals surface area contributed by atoms with Crippen molar-refractivity contribution in [3.05, 3.63) is 12.7 Å². The van der Waals surface area contributed by atoms with Crippen molar-refractivity contribution < 1.29 is 9.59 Å². The third kappa shape index (κ3) is 3.08. The molecule has 0 atom stereocenters. The Morgan fingerprint density at radius 3 is 3.14 bits per heavy atom. The normalized spacial score (nSPS) is 16.9. The van der Waals surface area contributed by atoms with E-state index in [0.29, 0.717) is 32.6 Å². The Hall–Kier alpha value is -1.52. The van der Waals surface area contributed by atoms with Crippen LogP contribution in [0.15, 0.2) is 12.7 Å². The monoisotopic (exact) mass is 197 g/mol. The maximum absolute atomic E-state index is 11.4. The summed E-state index contributed by atoms with van der Waals surface area (Å²) >= 11 is 0. The molecule has 5 heteroatoms. The SMILES string of the molecule is C=CCNC(=O)N1CCNC(=O)CC1. The van der Waals surface area contributed by atoms with Crippen LogP contribution in [0.3, 0.4) is 0 Å². The van der Waals surface area contributed by atoms with Gasteiger partial charge in [-0.2, -0.15) is 0 Å². The molecule has 1 rings (SSSR count). The summed E-state index contributed by atoms with van der Waals surface area (Å²) in [5.41, 5.74) is 0. The van der Waals surface area contributed by atoms with Gasteiger partial charge in [0.1, 0.15) is 0 Å². The van der Waals surface area contributed by atoms with E-state index < -0.39 is 0 Å². The molecule has 0 aliphatic carbocycles. The molecule has 0 aromatic rings. The van der Waals surface area contributed by atoms with Gasteiger partial charge < -0.3 is 15.5 Å². The third-order valence-corrected chi connectivity index (χ3v) is 2.00. The highest BCUT2D eigenvalue weighted by Gasteiger charge is 2.17. The molecule has 1 saturated heterocycles. The van der Waals surface area contributed by atoms with E-state index in [0.717, 1.165) is 0 Å². The molecule has 0 saturated carbocycles. The molecule has 0 bridgehead atoms. The number of amides is 3. The number of carbonyl (C=O) groups excluding carboxylic acids is 2. The average Bonchev–Trinajstić information content (AvgIpc) is 2.39. The average molecular weight is 197 g/mol. The summed E-state index contributed by atoms with van der Waals surface area (Å²) in [6.45, 7) is 5.54. The van der Waals surface area contributed by atoms with E-state index in [1.807, 2.05) is 0 Å². The van der Waals surface area contributed by atoms with Gasteiger partial charge >= 0.3 is 6.03 Å². The predicted molar refractivity (Wildman–Crippen MR) is 52.8 cm³/mol. The van der Waals surface area contributed by atoms with Crippen LogP contribution in [0.5, 0.6) is 0 Å². The maximum atomic E-state index is 11.4. The molecule has 1 aliphatic heterocycles. The van der Waals surface area contributed by atoms with Gasteiger partial charge in [-0.25, -0.2) is 4.79 Å². The fourth-order valence-electron chi connectivity index (χ4n) is 1.24. The summed E-state index contributed by atoms with van der Waals surface area (Å²) in [4.78, 5) is 24.1. The Morgan fingerprint density at radius 1 is 1.64 bits per heavy atom. The lowest BCUT2D eigenvalue weighted by molar-refractivity contribution is -0.120. The van der Waals surface area contributed by atoms with Gasteiger partial charge in [-0.15, -0.1) is 6.58 Å². The summed E-state index contributed by atoms with van der Waals surface area (Å²) < 4.78 is 0. The Morgan fingerprint density at radius 2 is 2.43 bits per heavy atom. The number of carbonyl (C=O) groups is 2. The quantitative estimate of drug-likeness (QED) is 0.597. The van der Waals surface area contributed by atoms with E-state index in [4.69, 9.17) is 0 Å². The van der Waals surface area contributed by atoms with Crippen LogP contribution >= 0.6 is 0 Å². The molecule has 0 unspecified atom stereocenters. The van der Waals surface area contributed by atoms with Gasteiger partial charge in [0.15, 0.2) is 0 Å². The molecule has 0 aromatic carbocycles. The second kappa shape index (κ2) is 5.26. The fourth-order valence-corrected chi connectivity index (χ4v) is 1.24. The molecular formula is C9H15N3O2. The summed E-state index contributed by atoms with van der Waals surface area (Å²) in [6.07, 6.45) is 2.00. The molecule has 1 fully saturated rings. The standard InChI is InChI=1S/C9H15N3O2/c1-2-4-11-9(14)12-6-3-8(13)10-5-7-12/h2H,1,3-7H2,(H,10,13)(H,11,14). The number of hydrogen-bond acceptors (Lipinski definition) is 2. The molecule has 0 aromatic heterocycles. The van der Waals surface area contributed by atoms with Gasteiger partial charge in [-0.1, -0.05) is 6.08 Å². The first-order valence-electron chi connectivity index (χ1n) is 4.64. The number of nitrogens with zero attached hydrogens (tertiary/aromatic N) is 1. The van der Waals surface area contributed by atoms with E-state index in [-0.39, 0.29) is 11.9 Å². The van der Waals surface area contributed by atoms with E-state index in [2.05, 4.69) is 17.2 Å². The van der Waals surface area contributed by atoms with E-state index >= 15 is 0 Å². The van der Waals surface area contributed by atoms with Crippen molar-refractivity contribution in [2.24, 2.45) is 0 Å². The molecule has 14 heavy (non-hydrogen) atoms. The second-order valence-electron chi connectivity index (χ2n) is 3.06. The zero-order valence-corrected chi connectivity index (χ0v) is 8.08. The first kappa shape index (κ1) is 10.6. The smallest absolute Gasteiger partial charge is 0.317 e. The highest BCUT2D eigenvalue weighted by atomic mass is 16.2. The topological polar surface area (TPSA) is 61.4 Å². The third-order valence-electron chi connectivity index (χ3n) is 2.00. The first-order chi connectivity index (χ1) is 6.74. The van der Waals surface area contributed by atoms with Crippen molar-refractivity contribution in [3.8, 4) is 0 Å². The molecule has 78 valence electrons. The molecule has 2 N–H and O–H groups in total. The second-order valence-corrected chi connectivity index (χ2v) is 3.06. The molecule has 0 radical (unpaired) electrons. The maximum Gasteiger partial charge on any atom is 0.317 e. The molecule has 3 amide bonds. The highest BCUT2D eigenvalue weighted by Crippen LogP contribution is 1.96. The van der Waals surface area contributed by atoms with Crippen LogP contribution in [0.4, 0.5) is 4.79 Å². The lowest BCUT2D eigenvalue weighted by Crippen LogP contribution is -2.41. The number of hydrogen-bond donors (Lipinski definition) is 2. The minimum absolute atomic E-state index is 0.00372. The minimum atomic E-state index is -0.138. The summed E-state index contributed by atoms with van der Waals surface area (Å²) in [6, 6.07) is -0.138. The summed E-state index contributed by atoms with van der Waals surface area (Å²) in [7, 11) is 0. The van der Waals surface area contributed by atoms with Gasteiger partial charge in [0.25, 0.3) is 0 Å². The van der Waals surface area contributed by atoms with Gasteiger partial charge in [0, 0.05) is 32.6 Å². The Bertz CT molecular complexity index is 240. The Balaban J connectivity index is 2.38. The summed E-state index contributed by atoms with van der Waals surface area (Å²) in [5, 5.41) is 5.38. The van der Waals surface area contributed by atoms with Crippen molar-refractivity contribution in [1.29, 1.82) is 0 Å². The van der Waals surface area contributed by atoms with E-state index in [9.17, 15) is 9.59 Å². The van der Waals surface area contributed by atoms with Crippen molar-refractivity contribution in [3.63, 3.8) is 0 Å². The first-order valence-corrected chi connectivity index (χ1v) is 4.64. The van der Waals surface area contributed by atoms with Gasteiger partial charge in [-0.3, -0.25) is 4.79 Å². The van der Waals surface area contributed by atoms with Gasteiger partial charge in [0.05, 0.1) is 0 Å². The van der Waals surface area contributed by atoms with E-state index in [1.54, 1.807) is 11.0 Å². The number of nitrogens with one attached hydrogen (secondary N) is 2. The van der Waals surface area contributed by atoms with Crippen molar-refractivity contribution in [2.45, 2.75) is 6.42 Å². The van der Waals surface area contributed by atoms with Crippen molar-refractivity contribution in [1.82, 2.24) is 15.5 Å². The lowest BCUT2D eigenvalue weighted by Gasteiger charge is -2.19. The number of rotatable bonds is 2. The van der Waals surface area contributed by atoms with Crippen LogP contribution in [0.1, 0.15) is 6.42 Å². The minimum Gasteiger partial charge on any atom is -0.354 e. The van der Waals surface area contributed by atoms with Crippen LogP contribution in [0, 0.1) is 0 Å². The Labute approximate surface area is 83.1 Å². The largest absolute Gasteiger partial charge is 0.354 e. The van der Waals surface area contributed by atoms with Crippen molar-refractivity contribution >= 4 is 11.9 Å². The fraction of sp³-hybridized carbons (Fsp3) is 0.556. The molecule has 1 aliphatic rings. The predicted octanol–water partition coefficient (Wildman–Crippen LogP) is -0.296. The van der Waals surface area contributed by atoms with Crippen molar-refractivity contribution in [2.75, 3.05) is 26.2 Å². The zero-order chi connectivity index (χ0) is 10.4. The van der Waals surface area contributed by atoms with Crippen LogP contribution in [0.25, 0.3) is 0 Å². The number of urea groups is 1. The zero-order valence-electron chi connectivity index (χ0n) is 8.08. The molecule has 0 spiro atoms. The lowest BCUT2D eigenvalue weighted by atomic mass is 10.4. The van der Waals surface area contributed by atoms with Gasteiger partial charge in [-0.05, 0) is 0 Å². The van der Waals surface area contributed by atoms with Crippen LogP contribution < -0.4 is 10.6 Å². The van der Waals surface area contributed by atoms with Gasteiger partial charge in [0.2, 0.25) is 5.91 Å². The molecular weight excluding hydrogens is 182 g/mol.